The SMILES string of the molecule is CCOc1ccccc1N1CCN(Cn2nc(Cc3ccccc3)oc2=S)CC1. The fourth-order valence-corrected chi connectivity index (χ4v) is 3.79. The van der Waals surface area contributed by atoms with E-state index in [0.29, 0.717) is 30.4 Å². The van der Waals surface area contributed by atoms with Crippen LogP contribution in [0.4, 0.5) is 5.69 Å². The van der Waals surface area contributed by atoms with Crippen molar-refractivity contribution in [2.24, 2.45) is 0 Å². The van der Waals surface area contributed by atoms with Gasteiger partial charge >= 0.3 is 0 Å². The van der Waals surface area contributed by atoms with Gasteiger partial charge < -0.3 is 14.1 Å². The number of anilines is 1. The average molecular weight is 411 g/mol. The van der Waals surface area contributed by atoms with Gasteiger partial charge in [-0.2, -0.15) is 0 Å². The first kappa shape index (κ1) is 19.7. The molecule has 0 aliphatic carbocycles. The molecule has 2 aromatic carbocycles. The van der Waals surface area contributed by atoms with Gasteiger partial charge in [0.2, 0.25) is 5.89 Å². The molecule has 7 heteroatoms. The van der Waals surface area contributed by atoms with Crippen molar-refractivity contribution in [1.82, 2.24) is 14.7 Å². The van der Waals surface area contributed by atoms with E-state index in [0.717, 1.165) is 43.2 Å². The second-order valence-electron chi connectivity index (χ2n) is 7.07. The fourth-order valence-electron chi connectivity index (χ4n) is 3.60. The van der Waals surface area contributed by atoms with Crippen molar-refractivity contribution in [2.45, 2.75) is 20.0 Å². The van der Waals surface area contributed by atoms with E-state index in [-0.39, 0.29) is 0 Å². The van der Waals surface area contributed by atoms with Gasteiger partial charge in [0.1, 0.15) is 5.75 Å². The van der Waals surface area contributed by atoms with Gasteiger partial charge in [-0.15, -0.1) is 5.10 Å². The minimum atomic E-state index is 0.431. The Morgan fingerprint density at radius 1 is 1.00 bits per heavy atom. The number of hydrogen-bond acceptors (Lipinski definition) is 6. The quantitative estimate of drug-likeness (QED) is 0.549. The highest BCUT2D eigenvalue weighted by atomic mass is 32.1. The molecule has 0 unspecified atom stereocenters. The highest BCUT2D eigenvalue weighted by Crippen LogP contribution is 2.28. The molecule has 1 aliphatic rings. The van der Waals surface area contributed by atoms with Crippen molar-refractivity contribution in [3.05, 3.63) is 70.9 Å². The standard InChI is InChI=1S/C22H26N4O2S/c1-2-27-20-11-7-6-10-19(20)25-14-12-24(13-15-25)17-26-22(29)28-21(23-26)16-18-8-4-3-5-9-18/h3-11H,2,12-17H2,1H3. The van der Waals surface area contributed by atoms with Crippen LogP contribution in [0.1, 0.15) is 18.4 Å². The van der Waals surface area contributed by atoms with Crippen LogP contribution in [-0.4, -0.2) is 47.5 Å². The van der Waals surface area contributed by atoms with Crippen LogP contribution in [0.2, 0.25) is 0 Å². The Kier molecular flexibility index (Phi) is 6.27. The first-order valence-corrected chi connectivity index (χ1v) is 10.4. The summed E-state index contributed by atoms with van der Waals surface area (Å²) in [5, 5.41) is 4.59. The van der Waals surface area contributed by atoms with E-state index in [1.807, 2.05) is 37.3 Å². The van der Waals surface area contributed by atoms with E-state index in [2.05, 4.69) is 39.2 Å². The molecule has 2 heterocycles. The van der Waals surface area contributed by atoms with Gasteiger partial charge in [0.15, 0.2) is 0 Å². The number of piperazine rings is 1. The second kappa shape index (κ2) is 9.24. The molecule has 1 fully saturated rings. The number of nitrogens with zero attached hydrogens (tertiary/aromatic N) is 4. The summed E-state index contributed by atoms with van der Waals surface area (Å²) in [5.74, 6) is 1.61. The number of para-hydroxylation sites is 2. The second-order valence-corrected chi connectivity index (χ2v) is 7.42. The van der Waals surface area contributed by atoms with Crippen LogP contribution in [0, 0.1) is 4.84 Å². The molecule has 1 saturated heterocycles. The van der Waals surface area contributed by atoms with Gasteiger partial charge in [0.25, 0.3) is 4.84 Å². The lowest BCUT2D eigenvalue weighted by Gasteiger charge is -2.36. The fraction of sp³-hybridized carbons (Fsp3) is 0.364. The zero-order valence-corrected chi connectivity index (χ0v) is 17.5. The molecule has 1 aromatic heterocycles. The van der Waals surface area contributed by atoms with Gasteiger partial charge in [-0.1, -0.05) is 42.5 Å². The van der Waals surface area contributed by atoms with E-state index in [1.165, 1.54) is 0 Å². The summed E-state index contributed by atoms with van der Waals surface area (Å²) in [6.45, 7) is 7.08. The highest BCUT2D eigenvalue weighted by Gasteiger charge is 2.20. The van der Waals surface area contributed by atoms with Gasteiger partial charge in [0, 0.05) is 26.2 Å². The van der Waals surface area contributed by atoms with Gasteiger partial charge in [-0.3, -0.25) is 4.90 Å². The molecule has 152 valence electrons. The van der Waals surface area contributed by atoms with Crippen molar-refractivity contribution in [1.29, 1.82) is 0 Å². The summed E-state index contributed by atoms with van der Waals surface area (Å²) in [4.78, 5) is 5.16. The minimum absolute atomic E-state index is 0.431. The van der Waals surface area contributed by atoms with Crippen molar-refractivity contribution in [2.75, 3.05) is 37.7 Å². The summed E-state index contributed by atoms with van der Waals surface area (Å²) in [6, 6.07) is 18.4. The first-order valence-electron chi connectivity index (χ1n) is 10.0. The third-order valence-electron chi connectivity index (χ3n) is 5.06. The molecule has 3 aromatic rings. The van der Waals surface area contributed by atoms with Crippen molar-refractivity contribution in [3.8, 4) is 5.75 Å². The van der Waals surface area contributed by atoms with E-state index < -0.39 is 0 Å². The molecule has 0 amide bonds. The van der Waals surface area contributed by atoms with Crippen LogP contribution in [0.5, 0.6) is 5.75 Å². The van der Waals surface area contributed by atoms with E-state index >= 15 is 0 Å². The molecule has 6 nitrogen and oxygen atoms in total. The van der Waals surface area contributed by atoms with Crippen LogP contribution in [-0.2, 0) is 13.1 Å². The molecule has 0 bridgehead atoms. The lowest BCUT2D eigenvalue weighted by molar-refractivity contribution is 0.191. The van der Waals surface area contributed by atoms with Crippen molar-refractivity contribution < 1.29 is 9.15 Å². The smallest absolute Gasteiger partial charge is 0.288 e. The number of ether oxygens (including phenoxy) is 1. The lowest BCUT2D eigenvalue weighted by Crippen LogP contribution is -2.47. The maximum Gasteiger partial charge on any atom is 0.288 e. The third-order valence-corrected chi connectivity index (χ3v) is 5.35. The maximum absolute atomic E-state index is 5.78. The summed E-state index contributed by atoms with van der Waals surface area (Å²) < 4.78 is 13.3. The van der Waals surface area contributed by atoms with E-state index in [4.69, 9.17) is 21.4 Å². The number of aromatic nitrogens is 2. The largest absolute Gasteiger partial charge is 0.492 e. The van der Waals surface area contributed by atoms with Gasteiger partial charge in [-0.05, 0) is 36.8 Å². The van der Waals surface area contributed by atoms with Gasteiger partial charge in [0.05, 0.1) is 25.4 Å². The zero-order valence-electron chi connectivity index (χ0n) is 16.7. The molecule has 0 spiro atoms. The van der Waals surface area contributed by atoms with E-state index in [9.17, 15) is 0 Å². The van der Waals surface area contributed by atoms with Crippen molar-refractivity contribution in [3.63, 3.8) is 0 Å². The van der Waals surface area contributed by atoms with Crippen LogP contribution < -0.4 is 9.64 Å². The average Bonchev–Trinajstić information content (AvgIpc) is 3.09. The number of hydrogen-bond donors (Lipinski definition) is 0. The van der Waals surface area contributed by atoms with Crippen LogP contribution in [0.3, 0.4) is 0 Å². The monoisotopic (exact) mass is 410 g/mol. The lowest BCUT2D eigenvalue weighted by atomic mass is 10.2. The normalized spacial score (nSPS) is 14.9. The molecule has 1 aliphatic heterocycles. The van der Waals surface area contributed by atoms with E-state index in [1.54, 1.807) is 4.68 Å². The predicted molar refractivity (Wildman–Crippen MR) is 116 cm³/mol. The maximum atomic E-state index is 5.78. The summed E-state index contributed by atoms with van der Waals surface area (Å²) >= 11 is 5.38. The Labute approximate surface area is 176 Å². The van der Waals surface area contributed by atoms with Crippen LogP contribution in [0.15, 0.2) is 59.0 Å². The molecular weight excluding hydrogens is 384 g/mol. The third kappa shape index (κ3) is 4.86. The summed E-state index contributed by atoms with van der Waals surface area (Å²) in [5.41, 5.74) is 2.33. The zero-order chi connectivity index (χ0) is 20.1. The highest BCUT2D eigenvalue weighted by molar-refractivity contribution is 7.71. The molecule has 4 rings (SSSR count). The number of rotatable bonds is 7. The Morgan fingerprint density at radius 2 is 1.72 bits per heavy atom. The predicted octanol–water partition coefficient (Wildman–Crippen LogP) is 3.97. The minimum Gasteiger partial charge on any atom is -0.492 e. The molecule has 29 heavy (non-hydrogen) atoms. The first-order chi connectivity index (χ1) is 14.2. The summed E-state index contributed by atoms with van der Waals surface area (Å²) in [7, 11) is 0. The molecule has 0 saturated carbocycles. The molecule has 0 N–H and O–H groups in total. The summed E-state index contributed by atoms with van der Waals surface area (Å²) in [6.07, 6.45) is 0.652. The Balaban J connectivity index is 1.36. The molecule has 0 atom stereocenters. The van der Waals surface area contributed by atoms with Crippen LogP contribution >= 0.6 is 12.2 Å². The Hall–Kier alpha value is -2.64. The molecule has 0 radical (unpaired) electrons. The van der Waals surface area contributed by atoms with Gasteiger partial charge in [-0.25, -0.2) is 4.68 Å². The van der Waals surface area contributed by atoms with Crippen LogP contribution in [0.25, 0.3) is 0 Å². The number of benzene rings is 2. The Morgan fingerprint density at radius 3 is 2.48 bits per heavy atom. The Bertz CT molecular complexity index is 978. The molecular formula is C22H26N4O2S. The van der Waals surface area contributed by atoms with Crippen molar-refractivity contribution >= 4 is 17.9 Å². The topological polar surface area (TPSA) is 46.7 Å².